The first kappa shape index (κ1) is 25.2. The molecule has 36 heavy (non-hydrogen) atoms. The number of aryl methyl sites for hydroxylation is 1. The summed E-state index contributed by atoms with van der Waals surface area (Å²) in [5.74, 6) is 0.206. The lowest BCUT2D eigenvalue weighted by molar-refractivity contribution is 0.101. The zero-order chi connectivity index (χ0) is 25.9. The van der Waals surface area contributed by atoms with Crippen LogP contribution in [0, 0.1) is 5.92 Å². The van der Waals surface area contributed by atoms with E-state index in [1.807, 2.05) is 78.9 Å². The van der Waals surface area contributed by atoms with E-state index in [9.17, 15) is 9.59 Å². The number of carbonyl (C=O) groups is 2. The first-order valence-corrected chi connectivity index (χ1v) is 12.5. The molecule has 2 N–H and O–H groups in total. The quantitative estimate of drug-likeness (QED) is 0.287. The molecule has 1 aromatic heterocycles. The van der Waals surface area contributed by atoms with Gasteiger partial charge in [0.05, 0.1) is 0 Å². The third-order valence-electron chi connectivity index (χ3n) is 6.37. The van der Waals surface area contributed by atoms with Crippen LogP contribution in [-0.2, 0) is 12.0 Å². The molecule has 0 atom stereocenters. The Morgan fingerprint density at radius 2 is 1.47 bits per heavy atom. The first-order chi connectivity index (χ1) is 17.1. The Hall–Kier alpha value is -3.86. The van der Waals surface area contributed by atoms with Gasteiger partial charge in [0.2, 0.25) is 0 Å². The van der Waals surface area contributed by atoms with Crippen molar-refractivity contribution >= 4 is 34.1 Å². The van der Waals surface area contributed by atoms with Crippen LogP contribution in [0.5, 0.6) is 0 Å². The number of fused-ring (bicyclic) bond motifs is 1. The van der Waals surface area contributed by atoms with Gasteiger partial charge in [-0.2, -0.15) is 0 Å². The van der Waals surface area contributed by atoms with E-state index in [2.05, 4.69) is 49.8 Å². The van der Waals surface area contributed by atoms with Gasteiger partial charge in [0, 0.05) is 34.4 Å². The van der Waals surface area contributed by atoms with Crippen LogP contribution in [0.4, 0.5) is 11.4 Å². The summed E-state index contributed by atoms with van der Waals surface area (Å²) in [5.41, 5.74) is 4.87. The van der Waals surface area contributed by atoms with E-state index < -0.39 is 0 Å². The SMILES string of the molecule is CC(C)CCn1c(C(=O)Nc2ccccc2)cc2cc(NC(=O)c3ccc(C(C)(C)C)cc3)ccc21. The van der Waals surface area contributed by atoms with E-state index in [-0.39, 0.29) is 17.2 Å². The highest BCUT2D eigenvalue weighted by molar-refractivity contribution is 6.08. The Morgan fingerprint density at radius 3 is 2.11 bits per heavy atom. The summed E-state index contributed by atoms with van der Waals surface area (Å²) in [6, 6.07) is 24.9. The third-order valence-corrected chi connectivity index (χ3v) is 6.37. The van der Waals surface area contributed by atoms with Crippen molar-refractivity contribution in [1.29, 1.82) is 0 Å². The molecule has 0 spiro atoms. The largest absolute Gasteiger partial charge is 0.336 e. The molecule has 1 heterocycles. The van der Waals surface area contributed by atoms with Crippen LogP contribution in [-0.4, -0.2) is 16.4 Å². The summed E-state index contributed by atoms with van der Waals surface area (Å²) in [6.45, 7) is 11.6. The van der Waals surface area contributed by atoms with Crippen molar-refractivity contribution in [3.05, 3.63) is 95.7 Å². The highest BCUT2D eigenvalue weighted by Crippen LogP contribution is 2.27. The van der Waals surface area contributed by atoms with Crippen molar-refractivity contribution in [3.63, 3.8) is 0 Å². The molecule has 4 rings (SSSR count). The number of hydrogen-bond acceptors (Lipinski definition) is 2. The molecule has 5 nitrogen and oxygen atoms in total. The molecular formula is C31H35N3O2. The van der Waals surface area contributed by atoms with Crippen molar-refractivity contribution in [2.45, 2.75) is 53.0 Å². The number of benzene rings is 3. The maximum Gasteiger partial charge on any atom is 0.272 e. The van der Waals surface area contributed by atoms with Crippen molar-refractivity contribution in [2.24, 2.45) is 5.92 Å². The molecule has 0 aliphatic carbocycles. The molecule has 0 bridgehead atoms. The monoisotopic (exact) mass is 481 g/mol. The average molecular weight is 482 g/mol. The molecular weight excluding hydrogens is 446 g/mol. The minimum atomic E-state index is -0.156. The highest BCUT2D eigenvalue weighted by atomic mass is 16.2. The lowest BCUT2D eigenvalue weighted by Crippen LogP contribution is -2.17. The summed E-state index contributed by atoms with van der Waals surface area (Å²) < 4.78 is 2.07. The van der Waals surface area contributed by atoms with Crippen molar-refractivity contribution in [2.75, 3.05) is 10.6 Å². The Balaban J connectivity index is 1.60. The van der Waals surface area contributed by atoms with Crippen molar-refractivity contribution in [1.82, 2.24) is 4.57 Å². The number of amides is 2. The lowest BCUT2D eigenvalue weighted by Gasteiger charge is -2.19. The van der Waals surface area contributed by atoms with Gasteiger partial charge in [-0.3, -0.25) is 9.59 Å². The number of aromatic nitrogens is 1. The molecule has 0 unspecified atom stereocenters. The molecule has 0 fully saturated rings. The number of carbonyl (C=O) groups excluding carboxylic acids is 2. The smallest absolute Gasteiger partial charge is 0.272 e. The van der Waals surface area contributed by atoms with E-state index >= 15 is 0 Å². The zero-order valence-electron chi connectivity index (χ0n) is 21.8. The number of para-hydroxylation sites is 1. The molecule has 3 aromatic carbocycles. The number of nitrogens with one attached hydrogen (secondary N) is 2. The van der Waals surface area contributed by atoms with Crippen molar-refractivity contribution < 1.29 is 9.59 Å². The molecule has 0 aliphatic heterocycles. The van der Waals surface area contributed by atoms with Crippen LogP contribution in [0.15, 0.2) is 78.9 Å². The summed E-state index contributed by atoms with van der Waals surface area (Å²) in [6.07, 6.45) is 0.957. The standard InChI is InChI=1S/C31H35N3O2/c1-21(2)17-18-34-27-16-15-26(33-29(35)22-11-13-24(14-12-22)31(3,4)5)19-23(27)20-28(34)30(36)32-25-9-7-6-8-10-25/h6-16,19-21H,17-18H2,1-5H3,(H,32,36)(H,33,35). The van der Waals surface area contributed by atoms with Crippen LogP contribution in [0.25, 0.3) is 10.9 Å². The summed E-state index contributed by atoms with van der Waals surface area (Å²) in [5, 5.41) is 6.92. The van der Waals surface area contributed by atoms with Crippen LogP contribution in [0.3, 0.4) is 0 Å². The normalized spacial score (nSPS) is 11.6. The van der Waals surface area contributed by atoms with Gasteiger partial charge in [-0.15, -0.1) is 0 Å². The predicted octanol–water partition coefficient (Wildman–Crippen LogP) is 7.49. The zero-order valence-corrected chi connectivity index (χ0v) is 21.8. The average Bonchev–Trinajstić information content (AvgIpc) is 3.21. The van der Waals surface area contributed by atoms with E-state index in [1.54, 1.807) is 0 Å². The van der Waals surface area contributed by atoms with E-state index in [1.165, 1.54) is 5.56 Å². The maximum atomic E-state index is 13.2. The highest BCUT2D eigenvalue weighted by Gasteiger charge is 2.18. The van der Waals surface area contributed by atoms with Crippen molar-refractivity contribution in [3.8, 4) is 0 Å². The van der Waals surface area contributed by atoms with Gasteiger partial charge in [-0.1, -0.05) is 65.0 Å². The fourth-order valence-electron chi connectivity index (χ4n) is 4.21. The molecule has 186 valence electrons. The van der Waals surface area contributed by atoms with Crippen LogP contribution in [0.2, 0.25) is 0 Å². The van der Waals surface area contributed by atoms with Gasteiger partial charge in [0.1, 0.15) is 5.69 Å². The van der Waals surface area contributed by atoms with E-state index in [0.29, 0.717) is 22.9 Å². The van der Waals surface area contributed by atoms with Gasteiger partial charge in [0.15, 0.2) is 0 Å². The van der Waals surface area contributed by atoms with Crippen LogP contribution in [0.1, 0.15) is 67.4 Å². The van der Waals surface area contributed by atoms with E-state index in [4.69, 9.17) is 0 Å². The van der Waals surface area contributed by atoms with Gasteiger partial charge in [-0.25, -0.2) is 0 Å². The Labute approximate surface area is 213 Å². The van der Waals surface area contributed by atoms with Gasteiger partial charge < -0.3 is 15.2 Å². The minimum absolute atomic E-state index is 0.0350. The fraction of sp³-hybridized carbons (Fsp3) is 0.290. The van der Waals surface area contributed by atoms with Gasteiger partial charge >= 0.3 is 0 Å². The molecule has 2 amide bonds. The second-order valence-corrected chi connectivity index (χ2v) is 10.7. The number of hydrogen-bond donors (Lipinski definition) is 2. The second-order valence-electron chi connectivity index (χ2n) is 10.7. The molecule has 4 aromatic rings. The minimum Gasteiger partial charge on any atom is -0.336 e. The van der Waals surface area contributed by atoms with E-state index in [0.717, 1.165) is 29.6 Å². The first-order valence-electron chi connectivity index (χ1n) is 12.5. The molecule has 5 heteroatoms. The van der Waals surface area contributed by atoms with Crippen LogP contribution < -0.4 is 10.6 Å². The molecule has 0 aliphatic rings. The number of rotatable bonds is 7. The number of nitrogens with zero attached hydrogens (tertiary/aromatic N) is 1. The fourth-order valence-corrected chi connectivity index (χ4v) is 4.21. The maximum absolute atomic E-state index is 13.2. The Morgan fingerprint density at radius 1 is 0.806 bits per heavy atom. The summed E-state index contributed by atoms with van der Waals surface area (Å²) in [7, 11) is 0. The molecule has 0 saturated carbocycles. The summed E-state index contributed by atoms with van der Waals surface area (Å²) in [4.78, 5) is 26.1. The van der Waals surface area contributed by atoms with Gasteiger partial charge in [-0.05, 0) is 71.8 Å². The van der Waals surface area contributed by atoms with Gasteiger partial charge in [0.25, 0.3) is 11.8 Å². The topological polar surface area (TPSA) is 63.1 Å². The lowest BCUT2D eigenvalue weighted by atomic mass is 9.87. The summed E-state index contributed by atoms with van der Waals surface area (Å²) >= 11 is 0. The second kappa shape index (κ2) is 10.4. The Bertz CT molecular complexity index is 1360. The van der Waals surface area contributed by atoms with Crippen LogP contribution >= 0.6 is 0 Å². The third kappa shape index (κ3) is 5.85. The predicted molar refractivity (Wildman–Crippen MR) is 149 cm³/mol. The molecule has 0 saturated heterocycles. The number of anilines is 2. The Kier molecular flexibility index (Phi) is 7.30. The molecule has 0 radical (unpaired) electrons.